The number of primary amides is 1. The molecule has 2 heterocycles. The average molecular weight is 368 g/mol. The van der Waals surface area contributed by atoms with E-state index in [0.29, 0.717) is 46.6 Å². The fourth-order valence-electron chi connectivity index (χ4n) is 2.84. The van der Waals surface area contributed by atoms with Crippen molar-refractivity contribution in [3.63, 3.8) is 0 Å². The maximum Gasteiger partial charge on any atom is 0.249 e. The number of amides is 1. The Morgan fingerprint density at radius 3 is 2.85 bits per heavy atom. The van der Waals surface area contributed by atoms with Gasteiger partial charge in [0.2, 0.25) is 5.91 Å². The van der Waals surface area contributed by atoms with Crippen molar-refractivity contribution < 1.29 is 19.0 Å². The molecule has 7 heteroatoms. The van der Waals surface area contributed by atoms with Crippen LogP contribution in [0.4, 0.5) is 0 Å². The number of nitrogens with zero attached hydrogens (tertiary/aromatic N) is 1. The lowest BCUT2D eigenvalue weighted by Crippen LogP contribution is -2.15. The molecule has 1 aliphatic rings. The lowest BCUT2D eigenvalue weighted by atomic mass is 10.1. The number of thiazole rings is 1. The molecule has 4 rings (SSSR count). The Labute approximate surface area is 154 Å². The summed E-state index contributed by atoms with van der Waals surface area (Å²) >= 11 is 1.43. The molecule has 0 spiro atoms. The van der Waals surface area contributed by atoms with Gasteiger partial charge in [-0.25, -0.2) is 4.98 Å². The minimum absolute atomic E-state index is 0.404. The molecule has 0 unspecified atom stereocenters. The van der Waals surface area contributed by atoms with E-state index in [4.69, 9.17) is 24.9 Å². The van der Waals surface area contributed by atoms with Crippen LogP contribution in [-0.2, 0) is 0 Å². The summed E-state index contributed by atoms with van der Waals surface area (Å²) in [5, 5.41) is 2.61. The zero-order valence-electron chi connectivity index (χ0n) is 14.0. The highest BCUT2D eigenvalue weighted by Gasteiger charge is 2.20. The summed E-state index contributed by atoms with van der Waals surface area (Å²) in [6, 6.07) is 10.8. The molecule has 0 aliphatic carbocycles. The average Bonchev–Trinajstić information content (AvgIpc) is 3.16. The number of benzene rings is 2. The Morgan fingerprint density at radius 2 is 2.04 bits per heavy atom. The molecular weight excluding hydrogens is 352 g/mol. The van der Waals surface area contributed by atoms with E-state index >= 15 is 0 Å². The Kier molecular flexibility index (Phi) is 4.22. The molecule has 0 bridgehead atoms. The zero-order chi connectivity index (χ0) is 18.1. The zero-order valence-corrected chi connectivity index (χ0v) is 14.8. The Hall–Kier alpha value is -3.06. The van der Waals surface area contributed by atoms with Crippen molar-refractivity contribution in [2.45, 2.75) is 0 Å². The monoisotopic (exact) mass is 368 g/mol. The highest BCUT2D eigenvalue weighted by atomic mass is 32.1. The first-order valence-electron chi connectivity index (χ1n) is 8.00. The molecule has 1 aliphatic heterocycles. The molecule has 0 atom stereocenters. The van der Waals surface area contributed by atoms with Crippen molar-refractivity contribution in [2.75, 3.05) is 20.3 Å². The number of carbonyl (C=O) groups is 1. The number of carbonyl (C=O) groups excluding carboxylic acids is 1. The van der Waals surface area contributed by atoms with Crippen molar-refractivity contribution >= 4 is 17.2 Å². The largest absolute Gasteiger partial charge is 0.497 e. The SMILES string of the molecule is COc1ccc(C(N)=O)c(-c2nc(-c3cccc4c3OCCO4)cs2)c1. The van der Waals surface area contributed by atoms with Gasteiger partial charge >= 0.3 is 0 Å². The van der Waals surface area contributed by atoms with Gasteiger partial charge in [-0.15, -0.1) is 11.3 Å². The van der Waals surface area contributed by atoms with Crippen LogP contribution in [0.5, 0.6) is 17.2 Å². The molecule has 1 aromatic heterocycles. The van der Waals surface area contributed by atoms with Gasteiger partial charge in [-0.2, -0.15) is 0 Å². The number of hydrogen-bond acceptors (Lipinski definition) is 6. The molecule has 0 fully saturated rings. The number of para-hydroxylation sites is 1. The van der Waals surface area contributed by atoms with Gasteiger partial charge in [-0.05, 0) is 30.3 Å². The molecule has 3 aromatic rings. The van der Waals surface area contributed by atoms with Crippen molar-refractivity contribution in [3.8, 4) is 39.1 Å². The van der Waals surface area contributed by atoms with Gasteiger partial charge in [0.25, 0.3) is 0 Å². The van der Waals surface area contributed by atoms with Gasteiger partial charge in [-0.1, -0.05) is 6.07 Å². The van der Waals surface area contributed by atoms with E-state index in [1.165, 1.54) is 11.3 Å². The van der Waals surface area contributed by atoms with Crippen LogP contribution in [0.1, 0.15) is 10.4 Å². The van der Waals surface area contributed by atoms with Gasteiger partial charge in [-0.3, -0.25) is 4.79 Å². The van der Waals surface area contributed by atoms with Gasteiger partial charge in [0.15, 0.2) is 11.5 Å². The highest BCUT2D eigenvalue weighted by Crippen LogP contribution is 2.41. The smallest absolute Gasteiger partial charge is 0.249 e. The van der Waals surface area contributed by atoms with E-state index in [1.54, 1.807) is 25.3 Å². The van der Waals surface area contributed by atoms with E-state index < -0.39 is 5.91 Å². The van der Waals surface area contributed by atoms with Gasteiger partial charge < -0.3 is 19.9 Å². The number of nitrogens with two attached hydrogens (primary N) is 1. The number of aromatic nitrogens is 1. The van der Waals surface area contributed by atoms with Crippen molar-refractivity contribution in [1.82, 2.24) is 4.98 Å². The Morgan fingerprint density at radius 1 is 1.19 bits per heavy atom. The molecule has 132 valence electrons. The molecule has 2 aromatic carbocycles. The molecule has 2 N–H and O–H groups in total. The minimum atomic E-state index is -0.506. The minimum Gasteiger partial charge on any atom is -0.497 e. The lowest BCUT2D eigenvalue weighted by Gasteiger charge is -2.20. The summed E-state index contributed by atoms with van der Waals surface area (Å²) in [7, 11) is 1.57. The predicted molar refractivity (Wildman–Crippen MR) is 99.0 cm³/mol. The second-order valence-electron chi connectivity index (χ2n) is 5.64. The summed E-state index contributed by atoms with van der Waals surface area (Å²) in [6.07, 6.45) is 0. The van der Waals surface area contributed by atoms with Crippen LogP contribution < -0.4 is 19.9 Å². The third-order valence-electron chi connectivity index (χ3n) is 4.07. The Bertz CT molecular complexity index is 983. The molecule has 0 saturated carbocycles. The fourth-order valence-corrected chi connectivity index (χ4v) is 3.69. The molecule has 1 amide bonds. The molecule has 0 radical (unpaired) electrons. The number of ether oxygens (including phenoxy) is 3. The summed E-state index contributed by atoms with van der Waals surface area (Å²) in [6.45, 7) is 1.03. The second-order valence-corrected chi connectivity index (χ2v) is 6.50. The van der Waals surface area contributed by atoms with E-state index in [2.05, 4.69) is 0 Å². The van der Waals surface area contributed by atoms with Crippen molar-refractivity contribution in [1.29, 1.82) is 0 Å². The summed E-state index contributed by atoms with van der Waals surface area (Å²) < 4.78 is 16.7. The Balaban J connectivity index is 1.80. The van der Waals surface area contributed by atoms with Crippen LogP contribution in [0.2, 0.25) is 0 Å². The summed E-state index contributed by atoms with van der Waals surface area (Å²) in [5.74, 6) is 1.53. The van der Waals surface area contributed by atoms with Crippen LogP contribution in [0.15, 0.2) is 41.8 Å². The third-order valence-corrected chi connectivity index (χ3v) is 4.94. The molecule has 26 heavy (non-hydrogen) atoms. The standard InChI is InChI=1S/C19H16N2O4S/c1-23-11-5-6-12(18(20)22)14(9-11)19-21-15(10-26-19)13-3-2-4-16-17(13)25-8-7-24-16/h2-6,9-10H,7-8H2,1H3,(H2,20,22). The summed E-state index contributed by atoms with van der Waals surface area (Å²) in [4.78, 5) is 16.5. The van der Waals surface area contributed by atoms with E-state index in [-0.39, 0.29) is 0 Å². The maximum atomic E-state index is 11.8. The fraction of sp³-hybridized carbons (Fsp3) is 0.158. The normalized spacial score (nSPS) is 12.7. The number of fused-ring (bicyclic) bond motifs is 1. The molecular formula is C19H16N2O4S. The van der Waals surface area contributed by atoms with Gasteiger partial charge in [0.05, 0.1) is 12.8 Å². The van der Waals surface area contributed by atoms with E-state index in [9.17, 15) is 4.79 Å². The topological polar surface area (TPSA) is 83.7 Å². The number of rotatable bonds is 4. The quantitative estimate of drug-likeness (QED) is 0.763. The molecule has 0 saturated heterocycles. The van der Waals surface area contributed by atoms with E-state index in [0.717, 1.165) is 11.3 Å². The molecule has 6 nitrogen and oxygen atoms in total. The first-order valence-corrected chi connectivity index (χ1v) is 8.88. The van der Waals surface area contributed by atoms with Crippen LogP contribution in [-0.4, -0.2) is 31.2 Å². The van der Waals surface area contributed by atoms with Crippen LogP contribution >= 0.6 is 11.3 Å². The predicted octanol–water partition coefficient (Wildman–Crippen LogP) is 3.36. The highest BCUT2D eigenvalue weighted by molar-refractivity contribution is 7.13. The number of methoxy groups -OCH3 is 1. The van der Waals surface area contributed by atoms with Crippen LogP contribution in [0, 0.1) is 0 Å². The third kappa shape index (κ3) is 2.86. The maximum absolute atomic E-state index is 11.8. The van der Waals surface area contributed by atoms with Crippen LogP contribution in [0.25, 0.3) is 21.8 Å². The first kappa shape index (κ1) is 16.4. The van der Waals surface area contributed by atoms with Gasteiger partial charge in [0.1, 0.15) is 24.0 Å². The number of hydrogen-bond donors (Lipinski definition) is 1. The van der Waals surface area contributed by atoms with Gasteiger partial charge in [0, 0.05) is 22.1 Å². The summed E-state index contributed by atoms with van der Waals surface area (Å²) in [5.41, 5.74) is 8.18. The van der Waals surface area contributed by atoms with Crippen LogP contribution in [0.3, 0.4) is 0 Å². The first-order chi connectivity index (χ1) is 12.7. The lowest BCUT2D eigenvalue weighted by molar-refractivity contribution is 0.100. The van der Waals surface area contributed by atoms with Crippen molar-refractivity contribution in [2.24, 2.45) is 5.73 Å². The second kappa shape index (κ2) is 6.68. The van der Waals surface area contributed by atoms with Crippen molar-refractivity contribution in [3.05, 3.63) is 47.3 Å². The van der Waals surface area contributed by atoms with E-state index in [1.807, 2.05) is 23.6 Å².